The first-order valence-corrected chi connectivity index (χ1v) is 8.30. The van der Waals surface area contributed by atoms with Crippen molar-refractivity contribution in [2.24, 2.45) is 0 Å². The molecule has 30 heavy (non-hydrogen) atoms. The van der Waals surface area contributed by atoms with Crippen LogP contribution in [0.25, 0.3) is 5.69 Å². The smallest absolute Gasteiger partial charge is 0.404 e. The predicted octanol–water partition coefficient (Wildman–Crippen LogP) is 3.10. The van der Waals surface area contributed by atoms with E-state index in [1.54, 1.807) is 0 Å². The summed E-state index contributed by atoms with van der Waals surface area (Å²) in [6, 6.07) is 6.34. The molecule has 13 heteroatoms. The van der Waals surface area contributed by atoms with Crippen molar-refractivity contribution < 1.29 is 31.5 Å². The number of carbonyl (C=O) groups excluding carboxylic acids is 1. The average molecular weight is 429 g/mol. The second-order valence-corrected chi connectivity index (χ2v) is 5.70. The number of rotatable bonds is 4. The van der Waals surface area contributed by atoms with Crippen molar-refractivity contribution in [3.8, 4) is 11.4 Å². The molecule has 0 aliphatic carbocycles. The third kappa shape index (κ3) is 3.99. The van der Waals surface area contributed by atoms with Crippen LogP contribution in [0, 0.1) is 11.6 Å². The van der Waals surface area contributed by atoms with Gasteiger partial charge in [0.2, 0.25) is 0 Å². The Morgan fingerprint density at radius 3 is 2.30 bits per heavy atom. The molecule has 2 aromatic carbocycles. The minimum Gasteiger partial charge on any atom is -0.404 e. The molecule has 0 saturated carbocycles. The lowest BCUT2D eigenvalue weighted by atomic mass is 10.2. The van der Waals surface area contributed by atoms with Gasteiger partial charge < -0.3 is 4.74 Å². The van der Waals surface area contributed by atoms with Crippen LogP contribution in [-0.4, -0.2) is 38.7 Å². The first kappa shape index (κ1) is 21.0. The fraction of sp³-hybridized carbons (Fsp3) is 0.176. The Kier molecular flexibility index (Phi) is 5.54. The van der Waals surface area contributed by atoms with Crippen LogP contribution in [0.3, 0.4) is 0 Å². The van der Waals surface area contributed by atoms with Crippen molar-refractivity contribution in [1.29, 1.82) is 0 Å². The van der Waals surface area contributed by atoms with Gasteiger partial charge in [0.05, 0.1) is 5.69 Å². The van der Waals surface area contributed by atoms with Crippen LogP contribution in [0.4, 0.5) is 32.4 Å². The summed E-state index contributed by atoms with van der Waals surface area (Å²) < 4.78 is 70.2. The second-order valence-electron chi connectivity index (χ2n) is 5.70. The number of hydrogen-bond donors (Lipinski definition) is 0. The van der Waals surface area contributed by atoms with Crippen molar-refractivity contribution in [2.75, 3.05) is 11.4 Å². The highest BCUT2D eigenvalue weighted by Gasteiger charge is 2.34. The Morgan fingerprint density at radius 1 is 1.07 bits per heavy atom. The molecule has 0 atom stereocenters. The number of carbonyl (C=O) groups is 1. The van der Waals surface area contributed by atoms with E-state index in [2.05, 4.69) is 15.2 Å². The molecule has 0 radical (unpaired) electrons. The monoisotopic (exact) mass is 429 g/mol. The molecule has 3 aromatic rings. The number of alkyl halides is 3. The van der Waals surface area contributed by atoms with Crippen molar-refractivity contribution in [3.63, 3.8) is 0 Å². The summed E-state index contributed by atoms with van der Waals surface area (Å²) in [6.07, 6.45) is -5.03. The molecule has 0 aliphatic heterocycles. The van der Waals surface area contributed by atoms with Gasteiger partial charge >= 0.3 is 18.1 Å². The zero-order chi connectivity index (χ0) is 22.1. The van der Waals surface area contributed by atoms with Crippen LogP contribution in [0.2, 0.25) is 0 Å². The lowest BCUT2D eigenvalue weighted by molar-refractivity contribution is -0.274. The minimum absolute atomic E-state index is 0.166. The van der Waals surface area contributed by atoms with Gasteiger partial charge in [0.15, 0.2) is 17.4 Å². The molecule has 1 amide bonds. The predicted molar refractivity (Wildman–Crippen MR) is 92.5 cm³/mol. The Labute approximate surface area is 164 Å². The van der Waals surface area contributed by atoms with E-state index in [-0.39, 0.29) is 21.6 Å². The molecule has 0 unspecified atom stereocenters. The van der Waals surface area contributed by atoms with E-state index < -0.39 is 41.2 Å². The minimum atomic E-state index is -5.03. The van der Waals surface area contributed by atoms with Crippen molar-refractivity contribution >= 4 is 11.7 Å². The highest BCUT2D eigenvalue weighted by Crippen LogP contribution is 2.32. The molecule has 0 saturated heterocycles. The number of amides is 1. The molecular weight excluding hydrogens is 417 g/mol. The molecule has 8 nitrogen and oxygen atoms in total. The molecule has 3 rings (SSSR count). The average Bonchev–Trinajstić information content (AvgIpc) is 3.03. The number of ether oxygens (including phenoxy) is 1. The lowest BCUT2D eigenvalue weighted by Gasteiger charge is -2.22. The van der Waals surface area contributed by atoms with Crippen molar-refractivity contribution in [3.05, 3.63) is 64.6 Å². The quantitative estimate of drug-likeness (QED) is 0.470. The van der Waals surface area contributed by atoms with Gasteiger partial charge in [0.25, 0.3) is 0 Å². The number of benzene rings is 2. The zero-order valence-electron chi connectivity index (χ0n) is 15.1. The SMILES string of the molecule is CCN(C(=O)n1nnn(-c2c(F)cccc2F)c1=O)c1ccccc1OC(F)(F)F. The fourth-order valence-electron chi connectivity index (χ4n) is 2.61. The fourth-order valence-corrected chi connectivity index (χ4v) is 2.61. The molecule has 1 aromatic heterocycles. The van der Waals surface area contributed by atoms with Gasteiger partial charge in [-0.3, -0.25) is 4.90 Å². The first-order valence-electron chi connectivity index (χ1n) is 8.30. The Balaban J connectivity index is 2.04. The molecule has 158 valence electrons. The Morgan fingerprint density at radius 2 is 1.70 bits per heavy atom. The van der Waals surface area contributed by atoms with Crippen LogP contribution < -0.4 is 15.3 Å². The molecule has 1 heterocycles. The van der Waals surface area contributed by atoms with Crippen LogP contribution in [0.15, 0.2) is 47.3 Å². The van der Waals surface area contributed by atoms with E-state index in [1.807, 2.05) is 0 Å². The third-order valence-corrected chi connectivity index (χ3v) is 3.84. The number of nitrogens with zero attached hydrogens (tertiary/aromatic N) is 5. The van der Waals surface area contributed by atoms with Gasteiger partial charge in [-0.25, -0.2) is 18.4 Å². The topological polar surface area (TPSA) is 82.3 Å². The van der Waals surface area contributed by atoms with Gasteiger partial charge in [-0.05, 0) is 41.6 Å². The van der Waals surface area contributed by atoms with Gasteiger partial charge in [-0.1, -0.05) is 18.2 Å². The van der Waals surface area contributed by atoms with E-state index in [1.165, 1.54) is 19.1 Å². The number of halogens is 5. The standard InChI is InChI=1S/C17H12F5N5O3/c1-2-25(12-8-3-4-9-13(12)30-17(20,21)22)15(28)27-16(29)26(23-24-27)14-10(18)6-5-7-11(14)19/h3-9H,2H2,1H3. The normalized spacial score (nSPS) is 11.4. The van der Waals surface area contributed by atoms with Gasteiger partial charge in [-0.15, -0.1) is 17.9 Å². The van der Waals surface area contributed by atoms with E-state index in [4.69, 9.17) is 0 Å². The Bertz CT molecular complexity index is 1120. The Hall–Kier alpha value is -3.77. The summed E-state index contributed by atoms with van der Waals surface area (Å²) in [6.45, 7) is 1.23. The van der Waals surface area contributed by atoms with E-state index in [9.17, 15) is 31.5 Å². The molecule has 0 N–H and O–H groups in total. The zero-order valence-corrected chi connectivity index (χ0v) is 15.1. The summed E-state index contributed by atoms with van der Waals surface area (Å²) in [5.74, 6) is -2.96. The van der Waals surface area contributed by atoms with Gasteiger partial charge in [-0.2, -0.15) is 4.68 Å². The second kappa shape index (κ2) is 7.93. The van der Waals surface area contributed by atoms with E-state index in [0.29, 0.717) is 0 Å². The van der Waals surface area contributed by atoms with E-state index in [0.717, 1.165) is 35.2 Å². The van der Waals surface area contributed by atoms with Gasteiger partial charge in [0, 0.05) is 6.54 Å². The maximum atomic E-state index is 13.9. The van der Waals surface area contributed by atoms with Gasteiger partial charge in [0.1, 0.15) is 5.69 Å². The van der Waals surface area contributed by atoms with E-state index >= 15 is 0 Å². The maximum absolute atomic E-state index is 13.9. The summed E-state index contributed by atoms with van der Waals surface area (Å²) in [4.78, 5) is 26.0. The van der Waals surface area contributed by atoms with Crippen LogP contribution in [0.5, 0.6) is 5.75 Å². The largest absolute Gasteiger partial charge is 0.573 e. The van der Waals surface area contributed by atoms with Crippen LogP contribution in [-0.2, 0) is 0 Å². The summed E-state index contributed by atoms with van der Waals surface area (Å²) >= 11 is 0. The molecule has 0 spiro atoms. The summed E-state index contributed by atoms with van der Waals surface area (Å²) in [5.41, 5.74) is -2.48. The number of tetrazole rings is 1. The molecule has 0 aliphatic rings. The first-order chi connectivity index (χ1) is 14.1. The number of hydrogen-bond acceptors (Lipinski definition) is 5. The van der Waals surface area contributed by atoms with Crippen molar-refractivity contribution in [1.82, 2.24) is 19.8 Å². The summed E-state index contributed by atoms with van der Waals surface area (Å²) in [5, 5.41) is 6.60. The molecule has 0 bridgehead atoms. The maximum Gasteiger partial charge on any atom is 0.573 e. The molecule has 0 fully saturated rings. The van der Waals surface area contributed by atoms with Crippen LogP contribution >= 0.6 is 0 Å². The summed E-state index contributed by atoms with van der Waals surface area (Å²) in [7, 11) is 0. The number of para-hydroxylation sites is 3. The van der Waals surface area contributed by atoms with Crippen LogP contribution in [0.1, 0.15) is 6.92 Å². The highest BCUT2D eigenvalue weighted by atomic mass is 19.4. The highest BCUT2D eigenvalue weighted by molar-refractivity contribution is 5.94. The molecular formula is C17H12F5N5O3. The third-order valence-electron chi connectivity index (χ3n) is 3.84. The number of anilines is 1. The lowest BCUT2D eigenvalue weighted by Crippen LogP contribution is -2.41. The number of aromatic nitrogens is 4. The van der Waals surface area contributed by atoms with Crippen molar-refractivity contribution in [2.45, 2.75) is 13.3 Å².